The normalized spacial score (nSPS) is 16.6. The number of benzene rings is 1. The van der Waals surface area contributed by atoms with Crippen LogP contribution in [0.4, 0.5) is 5.82 Å². The summed E-state index contributed by atoms with van der Waals surface area (Å²) in [6.07, 6.45) is 1.83. The first kappa shape index (κ1) is 13.1. The van der Waals surface area contributed by atoms with Gasteiger partial charge >= 0.3 is 0 Å². The van der Waals surface area contributed by atoms with E-state index in [1.165, 1.54) is 5.39 Å². The molecular formula is C13H17ClN4. The molecule has 0 saturated carbocycles. The van der Waals surface area contributed by atoms with Gasteiger partial charge in [0.15, 0.2) is 5.82 Å². The van der Waals surface area contributed by atoms with Gasteiger partial charge in [0, 0.05) is 37.0 Å². The van der Waals surface area contributed by atoms with Gasteiger partial charge in [-0.05, 0) is 7.05 Å². The summed E-state index contributed by atoms with van der Waals surface area (Å²) in [7, 11) is 2.16. The van der Waals surface area contributed by atoms with Gasteiger partial charge in [0.1, 0.15) is 0 Å². The number of anilines is 1. The van der Waals surface area contributed by atoms with E-state index in [0.717, 1.165) is 37.4 Å². The molecule has 3 rings (SSSR count). The highest BCUT2D eigenvalue weighted by Gasteiger charge is 2.17. The topological polar surface area (TPSA) is 32.3 Å². The number of aromatic nitrogens is 2. The zero-order chi connectivity index (χ0) is 11.7. The number of nitrogens with zero attached hydrogens (tertiary/aromatic N) is 4. The Balaban J connectivity index is 0.00000120. The lowest BCUT2D eigenvalue weighted by molar-refractivity contribution is 0.312. The van der Waals surface area contributed by atoms with Crippen molar-refractivity contribution < 1.29 is 0 Å². The third-order valence-corrected chi connectivity index (χ3v) is 3.35. The maximum atomic E-state index is 4.31. The van der Waals surface area contributed by atoms with E-state index in [2.05, 4.69) is 45.2 Å². The number of likely N-dealkylation sites (N-methyl/N-ethyl adjacent to an activating group) is 1. The van der Waals surface area contributed by atoms with Crippen molar-refractivity contribution in [3.63, 3.8) is 0 Å². The molecule has 0 unspecified atom stereocenters. The summed E-state index contributed by atoms with van der Waals surface area (Å²) in [5.41, 5.74) is 0. The van der Waals surface area contributed by atoms with E-state index in [-0.39, 0.29) is 12.4 Å². The zero-order valence-corrected chi connectivity index (χ0v) is 11.2. The van der Waals surface area contributed by atoms with Gasteiger partial charge in [0.2, 0.25) is 0 Å². The Morgan fingerprint density at radius 3 is 2.56 bits per heavy atom. The third-order valence-electron chi connectivity index (χ3n) is 3.35. The molecule has 1 aliphatic rings. The lowest BCUT2D eigenvalue weighted by atomic mass is 10.2. The van der Waals surface area contributed by atoms with Gasteiger partial charge in [-0.3, -0.25) is 0 Å². The molecular weight excluding hydrogens is 248 g/mol. The third kappa shape index (κ3) is 2.40. The van der Waals surface area contributed by atoms with E-state index in [4.69, 9.17) is 0 Å². The molecule has 1 aliphatic heterocycles. The van der Waals surface area contributed by atoms with Crippen molar-refractivity contribution in [2.75, 3.05) is 38.1 Å². The van der Waals surface area contributed by atoms with Crippen molar-refractivity contribution >= 4 is 29.0 Å². The van der Waals surface area contributed by atoms with E-state index in [0.29, 0.717) is 0 Å². The van der Waals surface area contributed by atoms with Crippen molar-refractivity contribution in [2.45, 2.75) is 0 Å². The predicted molar refractivity (Wildman–Crippen MR) is 76.5 cm³/mol. The molecule has 1 aromatic carbocycles. The predicted octanol–water partition coefficient (Wildman–Crippen LogP) is 1.80. The fourth-order valence-electron chi connectivity index (χ4n) is 2.26. The molecule has 96 valence electrons. The van der Waals surface area contributed by atoms with Gasteiger partial charge in [-0.25, -0.2) is 0 Å². The lowest BCUT2D eigenvalue weighted by Gasteiger charge is -2.33. The Morgan fingerprint density at radius 1 is 1.06 bits per heavy atom. The van der Waals surface area contributed by atoms with Crippen molar-refractivity contribution in [1.29, 1.82) is 0 Å². The Bertz CT molecular complexity index is 518. The summed E-state index contributed by atoms with van der Waals surface area (Å²) in [5, 5.41) is 10.8. The van der Waals surface area contributed by atoms with Crippen LogP contribution in [0.2, 0.25) is 0 Å². The fraction of sp³-hybridized carbons (Fsp3) is 0.385. The van der Waals surface area contributed by atoms with Crippen LogP contribution in [0.1, 0.15) is 0 Å². The smallest absolute Gasteiger partial charge is 0.159 e. The van der Waals surface area contributed by atoms with Crippen LogP contribution in [0, 0.1) is 0 Å². The van der Waals surface area contributed by atoms with E-state index in [1.807, 2.05) is 12.3 Å². The van der Waals surface area contributed by atoms with Crippen molar-refractivity contribution in [3.05, 3.63) is 30.5 Å². The molecule has 0 bridgehead atoms. The van der Waals surface area contributed by atoms with E-state index in [1.54, 1.807) is 0 Å². The summed E-state index contributed by atoms with van der Waals surface area (Å²) < 4.78 is 0. The van der Waals surface area contributed by atoms with Crippen LogP contribution < -0.4 is 4.90 Å². The molecule has 5 heteroatoms. The van der Waals surface area contributed by atoms with Crippen molar-refractivity contribution in [3.8, 4) is 0 Å². The van der Waals surface area contributed by atoms with Gasteiger partial charge in [-0.15, -0.1) is 17.5 Å². The Hall–Kier alpha value is -1.39. The Labute approximate surface area is 113 Å². The first-order chi connectivity index (χ1) is 8.34. The molecule has 1 fully saturated rings. The van der Waals surface area contributed by atoms with Crippen LogP contribution in [-0.4, -0.2) is 48.3 Å². The molecule has 2 aromatic rings. The lowest BCUT2D eigenvalue weighted by Crippen LogP contribution is -2.44. The second kappa shape index (κ2) is 5.50. The second-order valence-electron chi connectivity index (χ2n) is 4.55. The van der Waals surface area contributed by atoms with Gasteiger partial charge in [-0.2, -0.15) is 5.10 Å². The minimum absolute atomic E-state index is 0. The molecule has 0 spiro atoms. The maximum Gasteiger partial charge on any atom is 0.159 e. The highest BCUT2D eigenvalue weighted by atomic mass is 35.5. The molecule has 4 nitrogen and oxygen atoms in total. The fourth-order valence-corrected chi connectivity index (χ4v) is 2.26. The maximum absolute atomic E-state index is 4.31. The van der Waals surface area contributed by atoms with Crippen molar-refractivity contribution in [2.24, 2.45) is 0 Å². The summed E-state index contributed by atoms with van der Waals surface area (Å²) in [6, 6.07) is 8.31. The highest BCUT2D eigenvalue weighted by molar-refractivity contribution is 5.91. The van der Waals surface area contributed by atoms with Crippen LogP contribution >= 0.6 is 12.4 Å². The number of piperazine rings is 1. The minimum atomic E-state index is 0. The van der Waals surface area contributed by atoms with Crippen LogP contribution in [0.5, 0.6) is 0 Å². The van der Waals surface area contributed by atoms with Gasteiger partial charge < -0.3 is 9.80 Å². The quantitative estimate of drug-likeness (QED) is 0.786. The first-order valence-electron chi connectivity index (χ1n) is 5.98. The largest absolute Gasteiger partial charge is 0.352 e. The van der Waals surface area contributed by atoms with Gasteiger partial charge in [0.05, 0.1) is 6.20 Å². The molecule has 0 N–H and O–H groups in total. The van der Waals surface area contributed by atoms with E-state index in [9.17, 15) is 0 Å². The standard InChI is InChI=1S/C13H16N4.ClH/c1-16-6-8-17(9-7-16)13-12-5-3-2-4-11(12)10-14-15-13;/h2-5,10H,6-9H2,1H3;1H. The highest BCUT2D eigenvalue weighted by Crippen LogP contribution is 2.23. The molecule has 0 amide bonds. The average Bonchev–Trinajstić information content (AvgIpc) is 2.39. The minimum Gasteiger partial charge on any atom is -0.352 e. The molecule has 2 heterocycles. The number of hydrogen-bond donors (Lipinski definition) is 0. The van der Waals surface area contributed by atoms with Gasteiger partial charge in [0.25, 0.3) is 0 Å². The number of hydrogen-bond acceptors (Lipinski definition) is 4. The molecule has 18 heavy (non-hydrogen) atoms. The van der Waals surface area contributed by atoms with Crippen molar-refractivity contribution in [1.82, 2.24) is 15.1 Å². The number of halogens is 1. The Kier molecular flexibility index (Phi) is 3.99. The SMILES string of the molecule is CN1CCN(c2nncc3ccccc23)CC1.Cl. The summed E-state index contributed by atoms with van der Waals surface area (Å²) in [5.74, 6) is 1.02. The summed E-state index contributed by atoms with van der Waals surface area (Å²) >= 11 is 0. The first-order valence-corrected chi connectivity index (χ1v) is 5.98. The van der Waals surface area contributed by atoms with Crippen LogP contribution in [0.3, 0.4) is 0 Å². The van der Waals surface area contributed by atoms with E-state index < -0.39 is 0 Å². The summed E-state index contributed by atoms with van der Waals surface area (Å²) in [6.45, 7) is 4.23. The van der Waals surface area contributed by atoms with Crippen LogP contribution in [-0.2, 0) is 0 Å². The van der Waals surface area contributed by atoms with Gasteiger partial charge in [-0.1, -0.05) is 24.3 Å². The average molecular weight is 265 g/mol. The monoisotopic (exact) mass is 264 g/mol. The number of fused-ring (bicyclic) bond motifs is 1. The Morgan fingerprint density at radius 2 is 1.78 bits per heavy atom. The molecule has 0 atom stereocenters. The summed E-state index contributed by atoms with van der Waals surface area (Å²) in [4.78, 5) is 4.67. The molecule has 0 radical (unpaired) electrons. The van der Waals surface area contributed by atoms with Crippen LogP contribution in [0.25, 0.3) is 10.8 Å². The second-order valence-corrected chi connectivity index (χ2v) is 4.55. The zero-order valence-electron chi connectivity index (χ0n) is 10.4. The van der Waals surface area contributed by atoms with E-state index >= 15 is 0 Å². The number of rotatable bonds is 1. The van der Waals surface area contributed by atoms with Crippen LogP contribution in [0.15, 0.2) is 30.5 Å². The molecule has 1 saturated heterocycles. The molecule has 0 aliphatic carbocycles. The molecule has 1 aromatic heterocycles.